The van der Waals surface area contributed by atoms with Gasteiger partial charge in [-0.25, -0.2) is 9.37 Å². The van der Waals surface area contributed by atoms with Gasteiger partial charge in [0.15, 0.2) is 0 Å². The number of aryl methyl sites for hydroxylation is 1. The zero-order valence-corrected chi connectivity index (χ0v) is 13.8. The van der Waals surface area contributed by atoms with E-state index in [1.54, 1.807) is 12.1 Å². The number of benzene rings is 1. The van der Waals surface area contributed by atoms with Crippen molar-refractivity contribution in [1.29, 1.82) is 0 Å². The van der Waals surface area contributed by atoms with Crippen molar-refractivity contribution in [3.63, 3.8) is 0 Å². The Morgan fingerprint density at radius 1 is 1.21 bits per heavy atom. The van der Waals surface area contributed by atoms with Crippen LogP contribution >= 0.6 is 0 Å². The highest BCUT2D eigenvalue weighted by Crippen LogP contribution is 2.17. The first-order valence-electron chi connectivity index (χ1n) is 8.11. The SMILES string of the molecule is Cc1cc(Nc2cccc(F)c2)nc(NCCN2CCOCC2)n1. The summed E-state index contributed by atoms with van der Waals surface area (Å²) in [5, 5.41) is 6.36. The van der Waals surface area contributed by atoms with E-state index in [0.29, 0.717) is 17.5 Å². The summed E-state index contributed by atoms with van der Waals surface area (Å²) in [6, 6.07) is 8.13. The van der Waals surface area contributed by atoms with E-state index in [1.165, 1.54) is 12.1 Å². The summed E-state index contributed by atoms with van der Waals surface area (Å²) in [5.74, 6) is 0.929. The molecule has 128 valence electrons. The number of hydrogen-bond acceptors (Lipinski definition) is 6. The van der Waals surface area contributed by atoms with Crippen LogP contribution in [0.15, 0.2) is 30.3 Å². The van der Waals surface area contributed by atoms with Gasteiger partial charge in [0.05, 0.1) is 13.2 Å². The van der Waals surface area contributed by atoms with Gasteiger partial charge in [-0.2, -0.15) is 4.98 Å². The number of hydrogen-bond donors (Lipinski definition) is 2. The normalized spacial score (nSPS) is 15.2. The molecule has 2 heterocycles. The Labute approximate surface area is 141 Å². The molecule has 7 heteroatoms. The molecule has 1 saturated heterocycles. The minimum atomic E-state index is -0.283. The maximum absolute atomic E-state index is 13.3. The smallest absolute Gasteiger partial charge is 0.224 e. The van der Waals surface area contributed by atoms with Crippen LogP contribution in [0.3, 0.4) is 0 Å². The first-order valence-corrected chi connectivity index (χ1v) is 8.11. The predicted octanol–water partition coefficient (Wildman–Crippen LogP) is 2.41. The molecule has 0 spiro atoms. The van der Waals surface area contributed by atoms with Gasteiger partial charge in [-0.05, 0) is 25.1 Å². The molecule has 1 fully saturated rings. The molecule has 1 aromatic heterocycles. The number of aromatic nitrogens is 2. The fourth-order valence-electron chi connectivity index (χ4n) is 2.58. The van der Waals surface area contributed by atoms with Crippen molar-refractivity contribution in [2.45, 2.75) is 6.92 Å². The van der Waals surface area contributed by atoms with Crippen molar-refractivity contribution in [2.24, 2.45) is 0 Å². The van der Waals surface area contributed by atoms with Crippen molar-refractivity contribution in [2.75, 3.05) is 50.0 Å². The molecule has 6 nitrogen and oxygen atoms in total. The molecular formula is C17H22FN5O. The summed E-state index contributed by atoms with van der Waals surface area (Å²) < 4.78 is 18.6. The number of nitrogens with one attached hydrogen (secondary N) is 2. The third-order valence-electron chi connectivity index (χ3n) is 3.77. The van der Waals surface area contributed by atoms with Gasteiger partial charge in [0.2, 0.25) is 5.95 Å². The van der Waals surface area contributed by atoms with Crippen LogP contribution in [0.4, 0.5) is 21.8 Å². The van der Waals surface area contributed by atoms with Gasteiger partial charge in [0.25, 0.3) is 0 Å². The van der Waals surface area contributed by atoms with E-state index in [0.717, 1.165) is 45.1 Å². The molecule has 0 amide bonds. The van der Waals surface area contributed by atoms with Crippen LogP contribution in [0, 0.1) is 12.7 Å². The number of nitrogens with zero attached hydrogens (tertiary/aromatic N) is 3. The Kier molecular flexibility index (Phi) is 5.55. The van der Waals surface area contributed by atoms with Crippen molar-refractivity contribution >= 4 is 17.5 Å². The van der Waals surface area contributed by atoms with Gasteiger partial charge in [-0.3, -0.25) is 4.90 Å². The van der Waals surface area contributed by atoms with Crippen LogP contribution in [0.25, 0.3) is 0 Å². The van der Waals surface area contributed by atoms with Crippen LogP contribution in [0.2, 0.25) is 0 Å². The Morgan fingerprint density at radius 3 is 2.83 bits per heavy atom. The van der Waals surface area contributed by atoms with Gasteiger partial charge >= 0.3 is 0 Å². The van der Waals surface area contributed by atoms with Crippen LogP contribution in [-0.4, -0.2) is 54.3 Å². The molecule has 0 atom stereocenters. The van der Waals surface area contributed by atoms with Gasteiger partial charge < -0.3 is 15.4 Å². The third kappa shape index (κ3) is 4.87. The Morgan fingerprint density at radius 2 is 2.04 bits per heavy atom. The lowest BCUT2D eigenvalue weighted by molar-refractivity contribution is 0.0398. The fraction of sp³-hybridized carbons (Fsp3) is 0.412. The third-order valence-corrected chi connectivity index (χ3v) is 3.77. The first-order chi connectivity index (χ1) is 11.7. The largest absolute Gasteiger partial charge is 0.379 e. The van der Waals surface area contributed by atoms with Crippen LogP contribution < -0.4 is 10.6 Å². The second-order valence-electron chi connectivity index (χ2n) is 5.73. The number of rotatable bonds is 6. The van der Waals surface area contributed by atoms with Crippen molar-refractivity contribution in [1.82, 2.24) is 14.9 Å². The summed E-state index contributed by atoms with van der Waals surface area (Å²) in [7, 11) is 0. The molecule has 0 radical (unpaired) electrons. The van der Waals surface area contributed by atoms with Crippen molar-refractivity contribution in [3.8, 4) is 0 Å². The minimum Gasteiger partial charge on any atom is -0.379 e. The topological polar surface area (TPSA) is 62.3 Å². The minimum absolute atomic E-state index is 0.283. The zero-order chi connectivity index (χ0) is 16.8. The van der Waals surface area contributed by atoms with E-state index >= 15 is 0 Å². The molecular weight excluding hydrogens is 309 g/mol. The standard InChI is InChI=1S/C17H22FN5O/c1-13-11-16(21-15-4-2-3-14(18)12-15)22-17(20-13)19-5-6-23-7-9-24-10-8-23/h2-4,11-12H,5-10H2,1H3,(H2,19,20,21,22). The second kappa shape index (κ2) is 8.03. The number of ether oxygens (including phenoxy) is 1. The van der Waals surface area contributed by atoms with Crippen LogP contribution in [0.5, 0.6) is 0 Å². The highest BCUT2D eigenvalue weighted by atomic mass is 19.1. The molecule has 1 aliphatic heterocycles. The lowest BCUT2D eigenvalue weighted by Crippen LogP contribution is -2.39. The molecule has 24 heavy (non-hydrogen) atoms. The Bertz CT molecular complexity index is 676. The molecule has 2 aromatic rings. The van der Waals surface area contributed by atoms with Crippen molar-refractivity contribution < 1.29 is 9.13 Å². The quantitative estimate of drug-likeness (QED) is 0.848. The van der Waals surface area contributed by atoms with Crippen LogP contribution in [-0.2, 0) is 4.74 Å². The molecule has 1 aromatic carbocycles. The average Bonchev–Trinajstić information content (AvgIpc) is 2.55. The molecule has 0 aliphatic carbocycles. The van der Waals surface area contributed by atoms with E-state index in [-0.39, 0.29) is 5.82 Å². The van der Waals surface area contributed by atoms with Gasteiger partial charge in [-0.1, -0.05) is 6.07 Å². The van der Waals surface area contributed by atoms with Gasteiger partial charge in [-0.15, -0.1) is 0 Å². The summed E-state index contributed by atoms with van der Waals surface area (Å²) in [5.41, 5.74) is 1.50. The van der Waals surface area contributed by atoms with Gasteiger partial charge in [0, 0.05) is 43.6 Å². The van der Waals surface area contributed by atoms with E-state index in [2.05, 4.69) is 25.5 Å². The molecule has 0 bridgehead atoms. The molecule has 3 rings (SSSR count). The van der Waals surface area contributed by atoms with E-state index in [9.17, 15) is 4.39 Å². The summed E-state index contributed by atoms with van der Waals surface area (Å²) in [6.45, 7) is 7.11. The maximum Gasteiger partial charge on any atom is 0.224 e. The molecule has 0 unspecified atom stereocenters. The Hall–Kier alpha value is -2.25. The van der Waals surface area contributed by atoms with Gasteiger partial charge in [0.1, 0.15) is 11.6 Å². The van der Waals surface area contributed by atoms with Crippen LogP contribution in [0.1, 0.15) is 5.69 Å². The summed E-state index contributed by atoms with van der Waals surface area (Å²) in [6.07, 6.45) is 0. The number of anilines is 3. The predicted molar refractivity (Wildman–Crippen MR) is 92.2 cm³/mol. The summed E-state index contributed by atoms with van der Waals surface area (Å²) in [4.78, 5) is 11.2. The molecule has 1 aliphatic rings. The zero-order valence-electron chi connectivity index (χ0n) is 13.8. The lowest BCUT2D eigenvalue weighted by atomic mass is 10.3. The molecule has 0 saturated carbocycles. The first kappa shape index (κ1) is 16.6. The number of halogens is 1. The lowest BCUT2D eigenvalue weighted by Gasteiger charge is -2.26. The fourth-order valence-corrected chi connectivity index (χ4v) is 2.58. The number of morpholine rings is 1. The van der Waals surface area contributed by atoms with E-state index in [1.807, 2.05) is 13.0 Å². The highest BCUT2D eigenvalue weighted by Gasteiger charge is 2.10. The Balaban J connectivity index is 1.58. The maximum atomic E-state index is 13.3. The second-order valence-corrected chi connectivity index (χ2v) is 5.73. The molecule has 2 N–H and O–H groups in total. The average molecular weight is 331 g/mol. The highest BCUT2D eigenvalue weighted by molar-refractivity contribution is 5.57. The monoisotopic (exact) mass is 331 g/mol. The van der Waals surface area contributed by atoms with E-state index in [4.69, 9.17) is 4.74 Å². The van der Waals surface area contributed by atoms with Crippen molar-refractivity contribution in [3.05, 3.63) is 41.8 Å². The van der Waals surface area contributed by atoms with E-state index < -0.39 is 0 Å². The summed E-state index contributed by atoms with van der Waals surface area (Å²) >= 11 is 0.